The zero-order valence-corrected chi connectivity index (χ0v) is 7.59. The maximum absolute atomic E-state index is 10.4. The monoisotopic (exact) mass is 187 g/mol. The zero-order valence-electron chi connectivity index (χ0n) is 6.77. The number of thioether (sulfide) groups is 1. The molecule has 0 aliphatic heterocycles. The van der Waals surface area contributed by atoms with Gasteiger partial charge in [-0.05, 0) is 6.26 Å². The minimum atomic E-state index is -0.821. The van der Waals surface area contributed by atoms with Gasteiger partial charge in [0, 0.05) is 7.05 Å². The molecule has 6 heteroatoms. The molecule has 5 nitrogen and oxygen atoms in total. The molecule has 0 aliphatic rings. The second kappa shape index (κ2) is 3.48. The van der Waals surface area contributed by atoms with Crippen LogP contribution in [0, 0.1) is 0 Å². The van der Waals surface area contributed by atoms with Crippen molar-refractivity contribution in [3.8, 4) is 5.75 Å². The van der Waals surface area contributed by atoms with E-state index in [1.54, 1.807) is 11.7 Å². The third kappa shape index (κ3) is 1.70. The predicted molar refractivity (Wildman–Crippen MR) is 45.2 cm³/mol. The lowest BCUT2D eigenvalue weighted by Gasteiger charge is -2.00. The molecular weight excluding hydrogens is 178 g/mol. The van der Waals surface area contributed by atoms with Crippen LogP contribution in [0.1, 0.15) is 0 Å². The highest BCUT2D eigenvalue weighted by atomic mass is 32.2. The summed E-state index contributed by atoms with van der Waals surface area (Å²) in [5, 5.41) is 4.68. The molecule has 0 spiro atoms. The lowest BCUT2D eigenvalue weighted by molar-refractivity contribution is 0.209. The van der Waals surface area contributed by atoms with Crippen LogP contribution in [0.3, 0.4) is 0 Å². The van der Waals surface area contributed by atoms with E-state index in [0.29, 0.717) is 5.75 Å². The molecule has 1 heterocycles. The second-order valence-electron chi connectivity index (χ2n) is 2.06. The van der Waals surface area contributed by atoms with Crippen molar-refractivity contribution >= 4 is 17.9 Å². The summed E-state index contributed by atoms with van der Waals surface area (Å²) in [6.07, 6.45) is 2.50. The molecule has 1 aromatic rings. The molecule has 12 heavy (non-hydrogen) atoms. The standard InChI is InChI=1S/C6H9N3O2S/c1-9-5(12-2)4(3-8-9)11-6(7)10/h3H,1-2H3,(H2,7,10). The Balaban J connectivity index is 2.91. The van der Waals surface area contributed by atoms with E-state index in [-0.39, 0.29) is 0 Å². The first-order chi connectivity index (χ1) is 5.65. The summed E-state index contributed by atoms with van der Waals surface area (Å²) in [5.41, 5.74) is 4.85. The van der Waals surface area contributed by atoms with Crippen molar-refractivity contribution in [2.75, 3.05) is 6.26 Å². The van der Waals surface area contributed by atoms with Crippen molar-refractivity contribution in [1.29, 1.82) is 0 Å². The summed E-state index contributed by atoms with van der Waals surface area (Å²) >= 11 is 1.44. The zero-order chi connectivity index (χ0) is 9.14. The lowest BCUT2D eigenvalue weighted by Crippen LogP contribution is -2.16. The molecule has 1 rings (SSSR count). The number of ether oxygens (including phenoxy) is 1. The Labute approximate surface area is 73.9 Å². The fraction of sp³-hybridized carbons (Fsp3) is 0.333. The molecule has 0 atom stereocenters. The molecule has 0 radical (unpaired) electrons. The minimum Gasteiger partial charge on any atom is -0.406 e. The van der Waals surface area contributed by atoms with Crippen LogP contribution in [0.25, 0.3) is 0 Å². The average molecular weight is 187 g/mol. The van der Waals surface area contributed by atoms with Gasteiger partial charge in [0.15, 0.2) is 5.75 Å². The largest absolute Gasteiger partial charge is 0.410 e. The van der Waals surface area contributed by atoms with Crippen LogP contribution >= 0.6 is 11.8 Å². The number of hydrogen-bond acceptors (Lipinski definition) is 4. The molecular formula is C6H9N3O2S. The van der Waals surface area contributed by atoms with Gasteiger partial charge in [0.25, 0.3) is 0 Å². The Morgan fingerprint density at radius 1 is 1.83 bits per heavy atom. The average Bonchev–Trinajstić information content (AvgIpc) is 2.30. The van der Waals surface area contributed by atoms with E-state index in [1.807, 2.05) is 6.26 Å². The van der Waals surface area contributed by atoms with Gasteiger partial charge >= 0.3 is 6.09 Å². The summed E-state index contributed by atoms with van der Waals surface area (Å²) in [4.78, 5) is 10.4. The Bertz CT molecular complexity index is 297. The number of aromatic nitrogens is 2. The van der Waals surface area contributed by atoms with Crippen LogP contribution < -0.4 is 10.5 Å². The Morgan fingerprint density at radius 3 is 3.00 bits per heavy atom. The van der Waals surface area contributed by atoms with Gasteiger partial charge in [0.1, 0.15) is 5.03 Å². The quantitative estimate of drug-likeness (QED) is 0.688. The summed E-state index contributed by atoms with van der Waals surface area (Å²) in [5.74, 6) is 0.400. The maximum Gasteiger partial charge on any atom is 0.410 e. The first-order valence-corrected chi connectivity index (χ1v) is 4.41. The Hall–Kier alpha value is -1.17. The van der Waals surface area contributed by atoms with E-state index < -0.39 is 6.09 Å². The van der Waals surface area contributed by atoms with Crippen LogP contribution in [-0.4, -0.2) is 22.1 Å². The molecule has 0 aliphatic carbocycles. The fourth-order valence-corrected chi connectivity index (χ4v) is 1.42. The molecule has 0 fully saturated rings. The Morgan fingerprint density at radius 2 is 2.50 bits per heavy atom. The van der Waals surface area contributed by atoms with E-state index in [9.17, 15) is 4.79 Å². The summed E-state index contributed by atoms with van der Waals surface area (Å²) in [7, 11) is 1.76. The van der Waals surface area contributed by atoms with Gasteiger partial charge in [0.2, 0.25) is 0 Å². The van der Waals surface area contributed by atoms with Crippen molar-refractivity contribution in [3.05, 3.63) is 6.20 Å². The summed E-state index contributed by atoms with van der Waals surface area (Å²) < 4.78 is 6.31. The van der Waals surface area contributed by atoms with Gasteiger partial charge in [-0.3, -0.25) is 4.68 Å². The number of nitrogens with two attached hydrogens (primary N) is 1. The molecule has 0 bridgehead atoms. The maximum atomic E-state index is 10.4. The smallest absolute Gasteiger partial charge is 0.406 e. The van der Waals surface area contributed by atoms with Gasteiger partial charge in [-0.15, -0.1) is 11.8 Å². The highest BCUT2D eigenvalue weighted by Crippen LogP contribution is 2.25. The van der Waals surface area contributed by atoms with E-state index in [0.717, 1.165) is 5.03 Å². The van der Waals surface area contributed by atoms with Crippen molar-refractivity contribution < 1.29 is 9.53 Å². The minimum absolute atomic E-state index is 0.400. The van der Waals surface area contributed by atoms with Crippen LogP contribution in [0.2, 0.25) is 0 Å². The van der Waals surface area contributed by atoms with Gasteiger partial charge < -0.3 is 10.5 Å². The van der Waals surface area contributed by atoms with Crippen LogP contribution in [0.5, 0.6) is 5.75 Å². The second-order valence-corrected chi connectivity index (χ2v) is 2.86. The number of rotatable bonds is 2. The lowest BCUT2D eigenvalue weighted by atomic mass is 10.6. The highest BCUT2D eigenvalue weighted by Gasteiger charge is 2.10. The molecule has 1 aromatic heterocycles. The van der Waals surface area contributed by atoms with Crippen LogP contribution in [0.4, 0.5) is 4.79 Å². The van der Waals surface area contributed by atoms with Crippen molar-refractivity contribution in [1.82, 2.24) is 9.78 Å². The fourth-order valence-electron chi connectivity index (χ4n) is 0.817. The molecule has 0 saturated heterocycles. The molecule has 0 aromatic carbocycles. The van der Waals surface area contributed by atoms with Crippen molar-refractivity contribution in [2.45, 2.75) is 5.03 Å². The summed E-state index contributed by atoms with van der Waals surface area (Å²) in [6, 6.07) is 0. The number of hydrogen-bond donors (Lipinski definition) is 1. The van der Waals surface area contributed by atoms with E-state index in [1.165, 1.54) is 18.0 Å². The number of primary amides is 1. The predicted octanol–water partition coefficient (Wildman–Crippen LogP) is 0.600. The Kier molecular flexibility index (Phi) is 2.59. The number of aryl methyl sites for hydroxylation is 1. The molecule has 66 valence electrons. The number of carbonyl (C=O) groups is 1. The SMILES string of the molecule is CSc1c(OC(N)=O)cnn1C. The number of amides is 1. The molecule has 0 saturated carbocycles. The van der Waals surface area contributed by atoms with Crippen LogP contribution in [-0.2, 0) is 7.05 Å². The third-order valence-corrected chi connectivity index (χ3v) is 2.11. The van der Waals surface area contributed by atoms with Crippen LogP contribution in [0.15, 0.2) is 11.2 Å². The molecule has 0 unspecified atom stereocenters. The number of carbonyl (C=O) groups excluding carboxylic acids is 1. The summed E-state index contributed by atoms with van der Waals surface area (Å²) in [6.45, 7) is 0. The topological polar surface area (TPSA) is 70.1 Å². The van der Waals surface area contributed by atoms with Gasteiger partial charge in [-0.25, -0.2) is 4.79 Å². The van der Waals surface area contributed by atoms with Gasteiger partial charge in [-0.1, -0.05) is 0 Å². The van der Waals surface area contributed by atoms with E-state index in [2.05, 4.69) is 5.10 Å². The highest BCUT2D eigenvalue weighted by molar-refractivity contribution is 7.98. The van der Waals surface area contributed by atoms with Gasteiger partial charge in [0.05, 0.1) is 6.20 Å². The van der Waals surface area contributed by atoms with Crippen molar-refractivity contribution in [2.24, 2.45) is 12.8 Å². The van der Waals surface area contributed by atoms with Crippen molar-refractivity contribution in [3.63, 3.8) is 0 Å². The first-order valence-electron chi connectivity index (χ1n) is 3.18. The van der Waals surface area contributed by atoms with Gasteiger partial charge in [-0.2, -0.15) is 5.10 Å². The van der Waals surface area contributed by atoms with E-state index in [4.69, 9.17) is 10.5 Å². The molecule has 2 N–H and O–H groups in total. The first kappa shape index (κ1) is 8.92. The third-order valence-electron chi connectivity index (χ3n) is 1.26. The van der Waals surface area contributed by atoms with E-state index >= 15 is 0 Å². The molecule has 1 amide bonds. The normalized spacial score (nSPS) is 9.83. The number of nitrogens with zero attached hydrogens (tertiary/aromatic N) is 2.